The van der Waals surface area contributed by atoms with Crippen LogP contribution < -0.4 is 0 Å². The summed E-state index contributed by atoms with van der Waals surface area (Å²) in [6.07, 6.45) is 3.46. The van der Waals surface area contributed by atoms with E-state index in [1.54, 1.807) is 12.5 Å². The summed E-state index contributed by atoms with van der Waals surface area (Å²) in [7, 11) is 1.92. The van der Waals surface area contributed by atoms with E-state index in [9.17, 15) is 0 Å². The lowest BCUT2D eigenvalue weighted by atomic mass is 10.6. The zero-order chi connectivity index (χ0) is 7.84. The predicted molar refractivity (Wildman–Crippen MR) is 49.0 cm³/mol. The van der Waals surface area contributed by atoms with E-state index in [2.05, 4.69) is 37.5 Å². The van der Waals surface area contributed by atoms with Crippen LogP contribution in [0.1, 0.15) is 0 Å². The number of fused-ring (bicyclic) bond motifs is 1. The Labute approximate surface area is 76.8 Å². The SMILES string of the molecule is Cn1cnc2cnc(I)nc21. The molecule has 0 fully saturated rings. The van der Waals surface area contributed by atoms with E-state index >= 15 is 0 Å². The first-order chi connectivity index (χ1) is 5.27. The predicted octanol–water partition coefficient (Wildman–Crippen LogP) is 0.968. The zero-order valence-corrected chi connectivity index (χ0v) is 7.98. The summed E-state index contributed by atoms with van der Waals surface area (Å²) in [6.45, 7) is 0. The molecule has 0 unspecified atom stereocenters. The van der Waals surface area contributed by atoms with Gasteiger partial charge in [-0.25, -0.2) is 15.0 Å². The minimum absolute atomic E-state index is 0.749. The van der Waals surface area contributed by atoms with Gasteiger partial charge in [0.05, 0.1) is 12.5 Å². The number of nitrogens with zero attached hydrogens (tertiary/aromatic N) is 4. The van der Waals surface area contributed by atoms with E-state index in [0.717, 1.165) is 15.0 Å². The number of hydrogen-bond donors (Lipinski definition) is 0. The fourth-order valence-corrected chi connectivity index (χ4v) is 1.27. The number of aryl methyl sites for hydroxylation is 1. The van der Waals surface area contributed by atoms with Crippen molar-refractivity contribution in [1.82, 2.24) is 19.5 Å². The van der Waals surface area contributed by atoms with Crippen molar-refractivity contribution in [3.63, 3.8) is 0 Å². The van der Waals surface area contributed by atoms with Gasteiger partial charge in [-0.1, -0.05) is 0 Å². The highest BCUT2D eigenvalue weighted by atomic mass is 127. The van der Waals surface area contributed by atoms with Crippen LogP contribution in [-0.2, 0) is 7.05 Å². The van der Waals surface area contributed by atoms with Crippen molar-refractivity contribution in [3.8, 4) is 0 Å². The first-order valence-electron chi connectivity index (χ1n) is 3.07. The Morgan fingerprint density at radius 1 is 1.45 bits per heavy atom. The second kappa shape index (κ2) is 2.40. The first kappa shape index (κ1) is 6.96. The lowest BCUT2D eigenvalue weighted by molar-refractivity contribution is 0.923. The molecule has 0 atom stereocenters. The Balaban J connectivity index is 2.87. The maximum atomic E-state index is 4.21. The molecule has 11 heavy (non-hydrogen) atoms. The van der Waals surface area contributed by atoms with Crippen molar-refractivity contribution in [2.24, 2.45) is 7.05 Å². The van der Waals surface area contributed by atoms with Gasteiger partial charge in [-0.3, -0.25) is 0 Å². The summed E-state index contributed by atoms with van der Waals surface area (Å²) >= 11 is 2.08. The van der Waals surface area contributed by atoms with E-state index in [1.165, 1.54) is 0 Å². The smallest absolute Gasteiger partial charge is 0.192 e. The van der Waals surface area contributed by atoms with Crippen molar-refractivity contribution in [2.75, 3.05) is 0 Å². The summed E-state index contributed by atoms with van der Waals surface area (Å²) in [4.78, 5) is 12.3. The van der Waals surface area contributed by atoms with Crippen LogP contribution in [0.2, 0.25) is 0 Å². The molecule has 2 aromatic rings. The van der Waals surface area contributed by atoms with E-state index < -0.39 is 0 Å². The van der Waals surface area contributed by atoms with Crippen LogP contribution in [0.15, 0.2) is 12.5 Å². The summed E-state index contributed by atoms with van der Waals surface area (Å²) in [6, 6.07) is 0. The largest absolute Gasteiger partial charge is 0.318 e. The molecule has 56 valence electrons. The average Bonchev–Trinajstić information content (AvgIpc) is 2.33. The van der Waals surface area contributed by atoms with Gasteiger partial charge in [0.2, 0.25) is 0 Å². The standard InChI is InChI=1S/C6H5IN4/c1-11-3-9-4-2-8-6(7)10-5(4)11/h2-3H,1H3. The molecule has 0 aliphatic heterocycles. The topological polar surface area (TPSA) is 43.6 Å². The number of hydrogen-bond acceptors (Lipinski definition) is 3. The average molecular weight is 260 g/mol. The van der Waals surface area contributed by atoms with Crippen LogP contribution >= 0.6 is 22.6 Å². The molecule has 5 heteroatoms. The molecule has 2 aromatic heterocycles. The molecule has 0 saturated carbocycles. The van der Waals surface area contributed by atoms with Gasteiger partial charge in [0.1, 0.15) is 5.52 Å². The molecule has 2 rings (SSSR count). The van der Waals surface area contributed by atoms with E-state index in [0.29, 0.717) is 0 Å². The van der Waals surface area contributed by atoms with Gasteiger partial charge in [0.15, 0.2) is 9.48 Å². The van der Waals surface area contributed by atoms with Crippen LogP contribution in [-0.4, -0.2) is 19.5 Å². The van der Waals surface area contributed by atoms with Gasteiger partial charge in [-0.05, 0) is 0 Å². The highest BCUT2D eigenvalue weighted by molar-refractivity contribution is 14.1. The van der Waals surface area contributed by atoms with Gasteiger partial charge < -0.3 is 4.57 Å². The maximum absolute atomic E-state index is 4.21. The fraction of sp³-hybridized carbons (Fsp3) is 0.167. The van der Waals surface area contributed by atoms with E-state index in [4.69, 9.17) is 0 Å². The van der Waals surface area contributed by atoms with Crippen molar-refractivity contribution >= 4 is 33.8 Å². The second-order valence-electron chi connectivity index (χ2n) is 2.20. The molecular weight excluding hydrogens is 255 g/mol. The third kappa shape index (κ3) is 1.09. The summed E-state index contributed by atoms with van der Waals surface area (Å²) in [5.74, 6) is 0. The van der Waals surface area contributed by atoms with Crippen LogP contribution in [0.3, 0.4) is 0 Å². The molecule has 0 aromatic carbocycles. The van der Waals surface area contributed by atoms with Crippen molar-refractivity contribution in [3.05, 3.63) is 16.4 Å². The lowest BCUT2D eigenvalue weighted by Gasteiger charge is -1.91. The quantitative estimate of drug-likeness (QED) is 0.523. The molecular formula is C6H5IN4. The van der Waals surface area contributed by atoms with Gasteiger partial charge in [0, 0.05) is 29.6 Å². The zero-order valence-electron chi connectivity index (χ0n) is 5.82. The van der Waals surface area contributed by atoms with Crippen molar-refractivity contribution < 1.29 is 0 Å². The van der Waals surface area contributed by atoms with Gasteiger partial charge >= 0.3 is 0 Å². The summed E-state index contributed by atoms with van der Waals surface area (Å²) in [5.41, 5.74) is 1.72. The fourth-order valence-electron chi connectivity index (χ4n) is 0.900. The highest BCUT2D eigenvalue weighted by Gasteiger charge is 2.00. The van der Waals surface area contributed by atoms with Crippen LogP contribution in [0.5, 0.6) is 0 Å². The van der Waals surface area contributed by atoms with Crippen LogP contribution in [0.25, 0.3) is 11.2 Å². The second-order valence-corrected chi connectivity index (χ2v) is 3.17. The van der Waals surface area contributed by atoms with Crippen LogP contribution in [0.4, 0.5) is 0 Å². The van der Waals surface area contributed by atoms with E-state index in [-0.39, 0.29) is 0 Å². The summed E-state index contributed by atoms with van der Waals surface area (Å²) in [5, 5.41) is 0. The number of imidazole rings is 1. The van der Waals surface area contributed by atoms with Crippen LogP contribution in [0, 0.1) is 3.83 Å². The Kier molecular flexibility index (Phi) is 1.52. The van der Waals surface area contributed by atoms with Crippen molar-refractivity contribution in [1.29, 1.82) is 0 Å². The molecule has 0 N–H and O–H groups in total. The van der Waals surface area contributed by atoms with Gasteiger partial charge in [-0.2, -0.15) is 0 Å². The minimum atomic E-state index is 0.749. The highest BCUT2D eigenvalue weighted by Crippen LogP contribution is 2.07. The maximum Gasteiger partial charge on any atom is 0.192 e. The first-order valence-corrected chi connectivity index (χ1v) is 4.15. The Hall–Kier alpha value is -0.720. The Morgan fingerprint density at radius 2 is 2.27 bits per heavy atom. The Bertz CT molecular complexity index is 394. The lowest BCUT2D eigenvalue weighted by Crippen LogP contribution is -1.91. The molecule has 0 amide bonds. The molecule has 2 heterocycles. The van der Waals surface area contributed by atoms with Crippen molar-refractivity contribution in [2.45, 2.75) is 0 Å². The third-order valence-electron chi connectivity index (χ3n) is 1.42. The number of rotatable bonds is 0. The molecule has 0 spiro atoms. The molecule has 0 radical (unpaired) electrons. The Morgan fingerprint density at radius 3 is 3.09 bits per heavy atom. The van der Waals surface area contributed by atoms with Gasteiger partial charge in [-0.15, -0.1) is 0 Å². The van der Waals surface area contributed by atoms with Gasteiger partial charge in [0.25, 0.3) is 0 Å². The monoisotopic (exact) mass is 260 g/mol. The molecule has 0 saturated heterocycles. The normalized spacial score (nSPS) is 10.7. The number of aromatic nitrogens is 4. The molecule has 0 bridgehead atoms. The van der Waals surface area contributed by atoms with E-state index in [1.807, 2.05) is 11.6 Å². The minimum Gasteiger partial charge on any atom is -0.318 e. The molecule has 0 aliphatic rings. The third-order valence-corrected chi connectivity index (χ3v) is 1.94. The molecule has 0 aliphatic carbocycles. The molecule has 4 nitrogen and oxygen atoms in total. The number of halogens is 1. The summed E-state index contributed by atoms with van der Waals surface area (Å²) < 4.78 is 2.62.